The normalized spacial score (nSPS) is 12.7. The molecule has 234 valence electrons. The van der Waals surface area contributed by atoms with Gasteiger partial charge in [0.2, 0.25) is 0 Å². The van der Waals surface area contributed by atoms with E-state index in [0.717, 1.165) is 5.56 Å². The Balaban J connectivity index is 1.87. The van der Waals surface area contributed by atoms with Crippen LogP contribution in [0.2, 0.25) is 0 Å². The van der Waals surface area contributed by atoms with E-state index in [4.69, 9.17) is 9.72 Å². The fraction of sp³-hybridized carbons (Fsp3) is 0.323. The third kappa shape index (κ3) is 6.81. The molecule has 0 saturated heterocycles. The highest BCUT2D eigenvalue weighted by molar-refractivity contribution is 5.90. The summed E-state index contributed by atoms with van der Waals surface area (Å²) in [6.07, 6.45) is -9.12. The summed E-state index contributed by atoms with van der Waals surface area (Å²) in [6, 6.07) is 10.7. The highest BCUT2D eigenvalue weighted by atomic mass is 19.4. The number of nitrogens with one attached hydrogen (secondary N) is 1. The molecule has 3 aromatic carbocycles. The van der Waals surface area contributed by atoms with Gasteiger partial charge in [0.25, 0.3) is 5.56 Å². The molecule has 2 amide bonds. The number of urea groups is 1. The van der Waals surface area contributed by atoms with Crippen LogP contribution in [0.4, 0.5) is 36.8 Å². The highest BCUT2D eigenvalue weighted by Crippen LogP contribution is 2.38. The number of aromatic nitrogens is 2. The maximum atomic E-state index is 13.9. The molecule has 0 fully saturated rings. The second kappa shape index (κ2) is 12.6. The number of nitrogens with zero attached hydrogens (tertiary/aromatic N) is 3. The minimum absolute atomic E-state index is 0.0138. The second-order valence-electron chi connectivity index (χ2n) is 10.3. The van der Waals surface area contributed by atoms with Crippen LogP contribution in [0.1, 0.15) is 55.2 Å². The zero-order valence-electron chi connectivity index (χ0n) is 24.3. The number of carbonyl (C=O) groups excluding carboxylic acids is 1. The number of benzene rings is 3. The molecule has 0 spiro atoms. The van der Waals surface area contributed by atoms with Crippen molar-refractivity contribution < 1.29 is 35.9 Å². The molecule has 1 N–H and O–H groups in total. The van der Waals surface area contributed by atoms with Crippen molar-refractivity contribution in [2.24, 2.45) is 0 Å². The van der Waals surface area contributed by atoms with Crippen molar-refractivity contribution in [3.63, 3.8) is 0 Å². The summed E-state index contributed by atoms with van der Waals surface area (Å²) in [5, 5.41) is 2.51. The molecule has 4 rings (SSSR count). The molecule has 0 radical (unpaired) electrons. The number of hydrogen-bond donors (Lipinski definition) is 1. The molecular weight excluding hydrogens is 590 g/mol. The largest absolute Gasteiger partial charge is 0.495 e. The van der Waals surface area contributed by atoms with Gasteiger partial charge in [-0.25, -0.2) is 9.78 Å². The third-order valence-corrected chi connectivity index (χ3v) is 7.07. The first kappa shape index (κ1) is 32.4. The predicted molar refractivity (Wildman–Crippen MR) is 154 cm³/mol. The number of unbranched alkanes of at least 4 members (excludes halogenated alkanes) is 1. The van der Waals surface area contributed by atoms with E-state index in [-0.39, 0.29) is 18.4 Å². The molecule has 13 heteroatoms. The lowest BCUT2D eigenvalue weighted by Crippen LogP contribution is -2.40. The maximum Gasteiger partial charge on any atom is 0.416 e. The van der Waals surface area contributed by atoms with E-state index in [2.05, 4.69) is 5.32 Å². The summed E-state index contributed by atoms with van der Waals surface area (Å²) in [6.45, 7) is 5.31. The lowest BCUT2D eigenvalue weighted by Gasteiger charge is -2.31. The van der Waals surface area contributed by atoms with Crippen LogP contribution in [0.5, 0.6) is 5.75 Å². The van der Waals surface area contributed by atoms with E-state index in [1.165, 1.54) is 16.6 Å². The van der Waals surface area contributed by atoms with Crippen LogP contribution >= 0.6 is 0 Å². The number of amides is 2. The monoisotopic (exact) mass is 620 g/mol. The summed E-state index contributed by atoms with van der Waals surface area (Å²) >= 11 is 0. The summed E-state index contributed by atoms with van der Waals surface area (Å²) in [7, 11) is 1.43. The summed E-state index contributed by atoms with van der Waals surface area (Å²) < 4.78 is 87.6. The van der Waals surface area contributed by atoms with Gasteiger partial charge in [-0.1, -0.05) is 31.5 Å². The molecule has 0 saturated carbocycles. The molecule has 0 aliphatic heterocycles. The molecule has 1 aromatic heterocycles. The minimum Gasteiger partial charge on any atom is -0.495 e. The van der Waals surface area contributed by atoms with Crippen LogP contribution in [0.3, 0.4) is 0 Å². The van der Waals surface area contributed by atoms with Crippen LogP contribution in [0, 0.1) is 6.92 Å². The molecule has 0 aliphatic rings. The van der Waals surface area contributed by atoms with Crippen LogP contribution in [0.25, 0.3) is 16.6 Å². The van der Waals surface area contributed by atoms with Crippen LogP contribution in [-0.4, -0.2) is 34.1 Å². The van der Waals surface area contributed by atoms with Crippen molar-refractivity contribution >= 4 is 22.6 Å². The Morgan fingerprint density at radius 3 is 2.23 bits per heavy atom. The van der Waals surface area contributed by atoms with Crippen molar-refractivity contribution in [1.29, 1.82) is 0 Å². The van der Waals surface area contributed by atoms with E-state index < -0.39 is 46.8 Å². The van der Waals surface area contributed by atoms with E-state index >= 15 is 0 Å². The lowest BCUT2D eigenvalue weighted by atomic mass is 10.1. The number of halogens is 6. The highest BCUT2D eigenvalue weighted by Gasteiger charge is 2.37. The number of anilines is 1. The minimum atomic E-state index is -5.09. The van der Waals surface area contributed by atoms with Gasteiger partial charge in [-0.05, 0) is 68.3 Å². The number of hydrogen-bond acceptors (Lipinski definition) is 4. The first-order chi connectivity index (χ1) is 20.6. The molecule has 44 heavy (non-hydrogen) atoms. The number of rotatable bonds is 8. The Labute approximate surface area is 249 Å². The number of carbonyl (C=O) groups is 1. The fourth-order valence-corrected chi connectivity index (χ4v) is 4.80. The van der Waals surface area contributed by atoms with Gasteiger partial charge >= 0.3 is 18.4 Å². The molecule has 1 unspecified atom stereocenters. The van der Waals surface area contributed by atoms with Crippen LogP contribution in [0.15, 0.2) is 65.5 Å². The van der Waals surface area contributed by atoms with Gasteiger partial charge in [0.05, 0.1) is 40.9 Å². The summed E-state index contributed by atoms with van der Waals surface area (Å²) in [5.41, 5.74) is -2.78. The average molecular weight is 621 g/mol. The van der Waals surface area contributed by atoms with E-state index in [0.29, 0.717) is 47.3 Å². The number of methoxy groups -OCH3 is 1. The van der Waals surface area contributed by atoms with E-state index in [9.17, 15) is 35.9 Å². The molecule has 4 aromatic rings. The first-order valence-electron chi connectivity index (χ1n) is 13.7. The van der Waals surface area contributed by atoms with Crippen molar-refractivity contribution in [2.75, 3.05) is 19.0 Å². The first-order valence-corrected chi connectivity index (χ1v) is 13.7. The average Bonchev–Trinajstić information content (AvgIpc) is 2.96. The van der Waals surface area contributed by atoms with Gasteiger partial charge in [-0.15, -0.1) is 0 Å². The topological polar surface area (TPSA) is 76.5 Å². The Hall–Kier alpha value is -4.55. The number of para-hydroxylation sites is 1. The predicted octanol–water partition coefficient (Wildman–Crippen LogP) is 8.14. The zero-order chi connectivity index (χ0) is 32.4. The van der Waals surface area contributed by atoms with Crippen LogP contribution in [-0.2, 0) is 12.4 Å². The van der Waals surface area contributed by atoms with Crippen molar-refractivity contribution in [3.8, 4) is 11.4 Å². The number of alkyl halides is 6. The number of ether oxygens (including phenoxy) is 1. The summed E-state index contributed by atoms with van der Waals surface area (Å²) in [5.74, 6) is 0.459. The standard InChI is InChI=1S/C31H30F6N4O3/c1-5-6-13-40(29(43)38-22-16-20(30(32,33)34)15-21(17-22)31(35,36)37)19(3)27-39-24-10-8-7-9-23(24)28(42)41(27)25-14-18(2)11-12-26(25)44-4/h7-12,14-17,19H,5-6,13H2,1-4H3,(H,38,43). The third-order valence-electron chi connectivity index (χ3n) is 7.07. The lowest BCUT2D eigenvalue weighted by molar-refractivity contribution is -0.143. The fourth-order valence-electron chi connectivity index (χ4n) is 4.80. The van der Waals surface area contributed by atoms with Gasteiger partial charge < -0.3 is 15.0 Å². The quantitative estimate of drug-likeness (QED) is 0.202. The number of fused-ring (bicyclic) bond motifs is 1. The van der Waals surface area contributed by atoms with E-state index in [1.54, 1.807) is 49.4 Å². The van der Waals surface area contributed by atoms with Crippen molar-refractivity contribution in [2.45, 2.75) is 52.0 Å². The Kier molecular flexibility index (Phi) is 9.26. The van der Waals surface area contributed by atoms with E-state index in [1.807, 2.05) is 13.8 Å². The zero-order valence-corrected chi connectivity index (χ0v) is 24.3. The molecule has 1 atom stereocenters. The summed E-state index contributed by atoms with van der Waals surface area (Å²) in [4.78, 5) is 33.5. The smallest absolute Gasteiger partial charge is 0.416 e. The Morgan fingerprint density at radius 2 is 1.64 bits per heavy atom. The molecule has 7 nitrogen and oxygen atoms in total. The van der Waals surface area contributed by atoms with Gasteiger partial charge in [0, 0.05) is 12.2 Å². The SMILES string of the molecule is CCCCN(C(=O)Nc1cc(C(F)(F)F)cc(C(F)(F)F)c1)C(C)c1nc2ccccc2c(=O)n1-c1cc(C)ccc1OC. The van der Waals surface area contributed by atoms with Gasteiger partial charge in [-0.3, -0.25) is 9.36 Å². The second-order valence-corrected chi connectivity index (χ2v) is 10.3. The molecular formula is C31H30F6N4O3. The van der Waals surface area contributed by atoms with Crippen molar-refractivity contribution in [1.82, 2.24) is 14.5 Å². The Bertz CT molecular complexity index is 1700. The maximum absolute atomic E-state index is 13.9. The van der Waals surface area contributed by atoms with Gasteiger partial charge in [-0.2, -0.15) is 26.3 Å². The molecule has 1 heterocycles. The van der Waals surface area contributed by atoms with Crippen molar-refractivity contribution in [3.05, 3.63) is 93.5 Å². The molecule has 0 bridgehead atoms. The van der Waals surface area contributed by atoms with Gasteiger partial charge in [0.15, 0.2) is 0 Å². The number of aryl methyl sites for hydroxylation is 1. The Morgan fingerprint density at radius 1 is 1.00 bits per heavy atom. The van der Waals surface area contributed by atoms with Crippen LogP contribution < -0.4 is 15.6 Å². The van der Waals surface area contributed by atoms with Gasteiger partial charge in [0.1, 0.15) is 11.6 Å². The molecule has 0 aliphatic carbocycles.